The van der Waals surface area contributed by atoms with Crippen molar-refractivity contribution < 1.29 is 4.79 Å². The largest absolute Gasteiger partial charge is 0.343 e. The minimum Gasteiger partial charge on any atom is -0.343 e. The first-order valence-electron chi connectivity index (χ1n) is 6.35. The highest BCUT2D eigenvalue weighted by Gasteiger charge is 2.22. The fourth-order valence-electron chi connectivity index (χ4n) is 2.43. The summed E-state index contributed by atoms with van der Waals surface area (Å²) in [5.74, 6) is 0.843. The van der Waals surface area contributed by atoms with Gasteiger partial charge in [0.1, 0.15) is 0 Å². The predicted octanol–water partition coefficient (Wildman–Crippen LogP) is 0.526. The number of hydrogen-bond acceptors (Lipinski definition) is 3. The summed E-state index contributed by atoms with van der Waals surface area (Å²) >= 11 is 0. The molecule has 1 rings (SSSR count). The van der Waals surface area contributed by atoms with E-state index in [1.54, 1.807) is 6.92 Å². The van der Waals surface area contributed by atoms with Gasteiger partial charge < -0.3 is 15.5 Å². The molecule has 1 saturated heterocycles. The fourth-order valence-corrected chi connectivity index (χ4v) is 2.43. The molecule has 1 atom stereocenters. The summed E-state index contributed by atoms with van der Waals surface area (Å²) in [7, 11) is 0. The van der Waals surface area contributed by atoms with E-state index in [9.17, 15) is 4.79 Å². The molecule has 0 saturated carbocycles. The molecule has 16 heavy (non-hydrogen) atoms. The van der Waals surface area contributed by atoms with Gasteiger partial charge in [0.2, 0.25) is 5.91 Å². The molecule has 0 aromatic heterocycles. The lowest BCUT2D eigenvalue weighted by molar-refractivity contribution is -0.130. The summed E-state index contributed by atoms with van der Waals surface area (Å²) < 4.78 is 0. The summed E-state index contributed by atoms with van der Waals surface area (Å²) in [5.41, 5.74) is 5.58. The van der Waals surface area contributed by atoms with Gasteiger partial charge in [0.15, 0.2) is 0 Å². The number of likely N-dealkylation sites (tertiary alicyclic amines) is 1. The van der Waals surface area contributed by atoms with Gasteiger partial charge in [-0.25, -0.2) is 0 Å². The van der Waals surface area contributed by atoms with Crippen LogP contribution in [0, 0.1) is 5.92 Å². The van der Waals surface area contributed by atoms with Crippen molar-refractivity contribution in [2.24, 2.45) is 11.7 Å². The summed E-state index contributed by atoms with van der Waals surface area (Å²) in [4.78, 5) is 15.7. The SMILES string of the molecule is CCN(CCN)CC1CCCN(C(C)=O)C1. The molecule has 1 aliphatic heterocycles. The van der Waals surface area contributed by atoms with Gasteiger partial charge in [-0.15, -0.1) is 0 Å². The average molecular weight is 227 g/mol. The van der Waals surface area contributed by atoms with Crippen LogP contribution in [0.25, 0.3) is 0 Å². The van der Waals surface area contributed by atoms with Crippen molar-refractivity contribution in [3.05, 3.63) is 0 Å². The molecule has 4 heteroatoms. The van der Waals surface area contributed by atoms with Crippen molar-refractivity contribution >= 4 is 5.91 Å². The van der Waals surface area contributed by atoms with E-state index in [-0.39, 0.29) is 5.91 Å². The molecule has 1 aliphatic rings. The van der Waals surface area contributed by atoms with Crippen molar-refractivity contribution in [3.63, 3.8) is 0 Å². The van der Waals surface area contributed by atoms with E-state index < -0.39 is 0 Å². The summed E-state index contributed by atoms with van der Waals surface area (Å²) in [6.07, 6.45) is 2.38. The molecule has 1 heterocycles. The van der Waals surface area contributed by atoms with Crippen LogP contribution >= 0.6 is 0 Å². The van der Waals surface area contributed by atoms with E-state index in [2.05, 4.69) is 11.8 Å². The van der Waals surface area contributed by atoms with Crippen LogP contribution in [0.5, 0.6) is 0 Å². The van der Waals surface area contributed by atoms with Gasteiger partial charge in [0.05, 0.1) is 0 Å². The third-order valence-electron chi connectivity index (χ3n) is 3.37. The Morgan fingerprint density at radius 3 is 2.88 bits per heavy atom. The first-order chi connectivity index (χ1) is 7.67. The second kappa shape index (κ2) is 6.86. The number of rotatable bonds is 5. The number of nitrogens with zero attached hydrogens (tertiary/aromatic N) is 2. The Kier molecular flexibility index (Phi) is 5.77. The summed E-state index contributed by atoms with van der Waals surface area (Å²) in [5, 5.41) is 0. The van der Waals surface area contributed by atoms with Crippen LogP contribution in [0.1, 0.15) is 26.7 Å². The van der Waals surface area contributed by atoms with E-state index in [0.29, 0.717) is 5.92 Å². The Labute approximate surface area is 98.8 Å². The standard InChI is InChI=1S/C12H25N3O/c1-3-14(8-6-13)9-12-5-4-7-15(10-12)11(2)16/h12H,3-10,13H2,1-2H3. The molecule has 1 unspecified atom stereocenters. The van der Waals surface area contributed by atoms with Crippen LogP contribution in [-0.2, 0) is 4.79 Å². The molecule has 0 bridgehead atoms. The van der Waals surface area contributed by atoms with Crippen LogP contribution in [-0.4, -0.2) is 55.0 Å². The minimum atomic E-state index is 0.214. The first kappa shape index (κ1) is 13.5. The molecule has 0 aromatic rings. The lowest BCUT2D eigenvalue weighted by atomic mass is 9.97. The van der Waals surface area contributed by atoms with Crippen LogP contribution in [0.2, 0.25) is 0 Å². The maximum absolute atomic E-state index is 11.3. The number of amides is 1. The molecule has 4 nitrogen and oxygen atoms in total. The second-order valence-corrected chi connectivity index (χ2v) is 4.66. The first-order valence-corrected chi connectivity index (χ1v) is 6.35. The fraction of sp³-hybridized carbons (Fsp3) is 0.917. The molecule has 94 valence electrons. The predicted molar refractivity (Wildman–Crippen MR) is 66.1 cm³/mol. The van der Waals surface area contributed by atoms with Gasteiger partial charge in [-0.2, -0.15) is 0 Å². The monoisotopic (exact) mass is 227 g/mol. The van der Waals surface area contributed by atoms with E-state index >= 15 is 0 Å². The lowest BCUT2D eigenvalue weighted by Gasteiger charge is -2.34. The number of hydrogen-bond donors (Lipinski definition) is 1. The van der Waals surface area contributed by atoms with Gasteiger partial charge in [-0.3, -0.25) is 4.79 Å². The van der Waals surface area contributed by atoms with Crippen molar-refractivity contribution in [2.45, 2.75) is 26.7 Å². The summed E-state index contributed by atoms with van der Waals surface area (Å²) in [6, 6.07) is 0. The molecule has 0 aromatic carbocycles. The highest BCUT2D eigenvalue weighted by atomic mass is 16.2. The van der Waals surface area contributed by atoms with E-state index in [1.807, 2.05) is 4.90 Å². The maximum Gasteiger partial charge on any atom is 0.219 e. The Morgan fingerprint density at radius 1 is 1.56 bits per heavy atom. The molecule has 0 aliphatic carbocycles. The van der Waals surface area contributed by atoms with Crippen molar-refractivity contribution in [3.8, 4) is 0 Å². The van der Waals surface area contributed by atoms with Gasteiger partial charge >= 0.3 is 0 Å². The van der Waals surface area contributed by atoms with Crippen LogP contribution in [0.4, 0.5) is 0 Å². The number of carbonyl (C=O) groups excluding carboxylic acids is 1. The molecule has 1 fully saturated rings. The van der Waals surface area contributed by atoms with Crippen molar-refractivity contribution in [1.82, 2.24) is 9.80 Å². The van der Waals surface area contributed by atoms with E-state index in [0.717, 1.165) is 45.7 Å². The third-order valence-corrected chi connectivity index (χ3v) is 3.37. The van der Waals surface area contributed by atoms with Gasteiger partial charge in [-0.1, -0.05) is 6.92 Å². The number of likely N-dealkylation sites (N-methyl/N-ethyl adjacent to an activating group) is 1. The second-order valence-electron chi connectivity index (χ2n) is 4.66. The Bertz CT molecular complexity index is 220. The van der Waals surface area contributed by atoms with Crippen LogP contribution < -0.4 is 5.73 Å². The van der Waals surface area contributed by atoms with Gasteiger partial charge in [0.25, 0.3) is 0 Å². The maximum atomic E-state index is 11.3. The van der Waals surface area contributed by atoms with Crippen molar-refractivity contribution in [1.29, 1.82) is 0 Å². The van der Waals surface area contributed by atoms with E-state index in [1.165, 1.54) is 6.42 Å². The number of nitrogens with two attached hydrogens (primary N) is 1. The molecule has 2 N–H and O–H groups in total. The quantitative estimate of drug-likeness (QED) is 0.745. The number of carbonyl (C=O) groups is 1. The minimum absolute atomic E-state index is 0.214. The van der Waals surface area contributed by atoms with Crippen LogP contribution in [0.15, 0.2) is 0 Å². The highest BCUT2D eigenvalue weighted by Crippen LogP contribution is 2.17. The smallest absolute Gasteiger partial charge is 0.219 e. The molecule has 0 spiro atoms. The van der Waals surface area contributed by atoms with Gasteiger partial charge in [0, 0.05) is 39.6 Å². The van der Waals surface area contributed by atoms with Crippen LogP contribution in [0.3, 0.4) is 0 Å². The topological polar surface area (TPSA) is 49.6 Å². The molecular weight excluding hydrogens is 202 g/mol. The normalized spacial score (nSPS) is 21.5. The van der Waals surface area contributed by atoms with Crippen molar-refractivity contribution in [2.75, 3.05) is 39.3 Å². The zero-order valence-corrected chi connectivity index (χ0v) is 10.6. The van der Waals surface area contributed by atoms with E-state index in [4.69, 9.17) is 5.73 Å². The average Bonchev–Trinajstić information content (AvgIpc) is 2.29. The molecule has 0 radical (unpaired) electrons. The molecular formula is C12H25N3O. The van der Waals surface area contributed by atoms with Gasteiger partial charge in [-0.05, 0) is 25.3 Å². The lowest BCUT2D eigenvalue weighted by Crippen LogP contribution is -2.43. The summed E-state index contributed by atoms with van der Waals surface area (Å²) in [6.45, 7) is 9.52. The Morgan fingerprint density at radius 2 is 2.31 bits per heavy atom. The highest BCUT2D eigenvalue weighted by molar-refractivity contribution is 5.73. The zero-order valence-electron chi connectivity index (χ0n) is 10.6. The number of piperidine rings is 1. The Hall–Kier alpha value is -0.610. The zero-order chi connectivity index (χ0) is 12.0. The molecule has 1 amide bonds. The third kappa shape index (κ3) is 4.10. The Balaban J connectivity index is 2.38.